The van der Waals surface area contributed by atoms with E-state index < -0.39 is 0 Å². The van der Waals surface area contributed by atoms with E-state index >= 15 is 0 Å². The average molecular weight is 207 g/mol. The van der Waals surface area contributed by atoms with Crippen molar-refractivity contribution >= 4 is 0 Å². The molecule has 0 radical (unpaired) electrons. The van der Waals surface area contributed by atoms with Crippen molar-refractivity contribution in [2.75, 3.05) is 6.54 Å². The van der Waals surface area contributed by atoms with Gasteiger partial charge in [-0.25, -0.2) is 0 Å². The van der Waals surface area contributed by atoms with Crippen LogP contribution in [0.5, 0.6) is 5.75 Å². The van der Waals surface area contributed by atoms with Crippen LogP contribution in [0.4, 0.5) is 0 Å². The predicted octanol–water partition coefficient (Wildman–Crippen LogP) is 2.75. The molecule has 0 saturated heterocycles. The van der Waals surface area contributed by atoms with E-state index in [0.717, 1.165) is 24.2 Å². The zero-order valence-electron chi connectivity index (χ0n) is 10.1. The molecule has 0 spiro atoms. The largest absolute Gasteiger partial charge is 0.508 e. The average Bonchev–Trinajstić information content (AvgIpc) is 2.13. The van der Waals surface area contributed by atoms with Gasteiger partial charge in [0.05, 0.1) is 0 Å². The summed E-state index contributed by atoms with van der Waals surface area (Å²) in [6, 6.07) is 3.89. The van der Waals surface area contributed by atoms with Crippen molar-refractivity contribution < 1.29 is 5.11 Å². The summed E-state index contributed by atoms with van der Waals surface area (Å²) in [5, 5.41) is 13.1. The molecule has 0 heterocycles. The molecule has 84 valence electrons. The number of phenols is 1. The maximum atomic E-state index is 9.74. The molecule has 1 aromatic carbocycles. The molecular weight excluding hydrogens is 186 g/mol. The van der Waals surface area contributed by atoms with Crippen molar-refractivity contribution in [1.82, 2.24) is 5.32 Å². The summed E-state index contributed by atoms with van der Waals surface area (Å²) in [6.45, 7) is 10.2. The summed E-state index contributed by atoms with van der Waals surface area (Å²) in [5.41, 5.74) is 3.35. The molecule has 0 atom stereocenters. The van der Waals surface area contributed by atoms with Crippen LogP contribution in [0.2, 0.25) is 0 Å². The van der Waals surface area contributed by atoms with Gasteiger partial charge in [-0.3, -0.25) is 0 Å². The third-order valence-corrected chi connectivity index (χ3v) is 2.56. The van der Waals surface area contributed by atoms with Crippen LogP contribution in [-0.2, 0) is 6.54 Å². The Morgan fingerprint density at radius 2 is 1.80 bits per heavy atom. The van der Waals surface area contributed by atoms with Gasteiger partial charge in [0.1, 0.15) is 5.75 Å². The van der Waals surface area contributed by atoms with E-state index in [2.05, 4.69) is 32.2 Å². The van der Waals surface area contributed by atoms with Crippen LogP contribution >= 0.6 is 0 Å². The fourth-order valence-corrected chi connectivity index (χ4v) is 1.50. The van der Waals surface area contributed by atoms with E-state index in [-0.39, 0.29) is 0 Å². The predicted molar refractivity (Wildman–Crippen MR) is 64.1 cm³/mol. The first kappa shape index (κ1) is 12.1. The first-order valence-electron chi connectivity index (χ1n) is 5.50. The lowest BCUT2D eigenvalue weighted by atomic mass is 10.0. The molecule has 0 unspecified atom stereocenters. The molecule has 0 aliphatic heterocycles. The highest BCUT2D eigenvalue weighted by atomic mass is 16.3. The van der Waals surface area contributed by atoms with Crippen molar-refractivity contribution in [2.45, 2.75) is 34.2 Å². The first-order valence-corrected chi connectivity index (χ1v) is 5.50. The molecule has 0 saturated carbocycles. The molecule has 0 aromatic heterocycles. The van der Waals surface area contributed by atoms with Crippen molar-refractivity contribution in [3.05, 3.63) is 28.8 Å². The standard InChI is InChI=1S/C13H21NO/c1-9(2)7-14-8-12-5-10(3)11(4)6-13(12)15/h5-6,9,14-15H,7-8H2,1-4H3. The van der Waals surface area contributed by atoms with Crippen molar-refractivity contribution in [3.63, 3.8) is 0 Å². The number of hydrogen-bond acceptors (Lipinski definition) is 2. The summed E-state index contributed by atoms with van der Waals surface area (Å²) in [6.07, 6.45) is 0. The van der Waals surface area contributed by atoms with Gasteiger partial charge in [-0.1, -0.05) is 19.9 Å². The normalized spacial score (nSPS) is 11.0. The van der Waals surface area contributed by atoms with Crippen LogP contribution in [-0.4, -0.2) is 11.7 Å². The number of benzene rings is 1. The highest BCUT2D eigenvalue weighted by Crippen LogP contribution is 2.21. The molecule has 2 N–H and O–H groups in total. The molecule has 0 bridgehead atoms. The topological polar surface area (TPSA) is 32.3 Å². The van der Waals surface area contributed by atoms with E-state index in [4.69, 9.17) is 0 Å². The second kappa shape index (κ2) is 5.17. The van der Waals surface area contributed by atoms with Gasteiger partial charge in [-0.05, 0) is 43.5 Å². The Kier molecular flexibility index (Phi) is 4.15. The zero-order valence-corrected chi connectivity index (χ0v) is 10.1. The monoisotopic (exact) mass is 207 g/mol. The minimum Gasteiger partial charge on any atom is -0.508 e. The highest BCUT2D eigenvalue weighted by molar-refractivity contribution is 5.40. The summed E-state index contributed by atoms with van der Waals surface area (Å²) in [4.78, 5) is 0. The number of rotatable bonds is 4. The van der Waals surface area contributed by atoms with Gasteiger partial charge in [0.25, 0.3) is 0 Å². The molecule has 1 aromatic rings. The van der Waals surface area contributed by atoms with E-state index in [1.54, 1.807) is 0 Å². The van der Waals surface area contributed by atoms with Crippen LogP contribution in [0.15, 0.2) is 12.1 Å². The summed E-state index contributed by atoms with van der Waals surface area (Å²) < 4.78 is 0. The molecule has 2 nitrogen and oxygen atoms in total. The van der Waals surface area contributed by atoms with Crippen LogP contribution < -0.4 is 5.32 Å². The van der Waals surface area contributed by atoms with E-state index in [1.807, 2.05) is 13.0 Å². The summed E-state index contributed by atoms with van der Waals surface area (Å²) in [5.74, 6) is 1.04. The molecule has 0 fully saturated rings. The Morgan fingerprint density at radius 3 is 2.40 bits per heavy atom. The number of aryl methyl sites for hydroxylation is 2. The summed E-state index contributed by atoms with van der Waals surface area (Å²) >= 11 is 0. The lowest BCUT2D eigenvalue weighted by molar-refractivity contribution is 0.460. The van der Waals surface area contributed by atoms with Crippen LogP contribution in [0.1, 0.15) is 30.5 Å². The lowest BCUT2D eigenvalue weighted by Crippen LogP contribution is -2.19. The minimum absolute atomic E-state index is 0.398. The third kappa shape index (κ3) is 3.56. The maximum absolute atomic E-state index is 9.74. The van der Waals surface area contributed by atoms with Gasteiger partial charge in [-0.2, -0.15) is 0 Å². The highest BCUT2D eigenvalue weighted by Gasteiger charge is 2.04. The van der Waals surface area contributed by atoms with Crippen LogP contribution in [0.3, 0.4) is 0 Å². The van der Waals surface area contributed by atoms with Gasteiger partial charge in [0, 0.05) is 12.1 Å². The SMILES string of the molecule is Cc1cc(O)c(CNCC(C)C)cc1C. The minimum atomic E-state index is 0.398. The Labute approximate surface area is 92.3 Å². The second-order valence-electron chi connectivity index (χ2n) is 4.59. The number of phenolic OH excluding ortho intramolecular Hbond substituents is 1. The lowest BCUT2D eigenvalue weighted by Gasteiger charge is -2.11. The summed E-state index contributed by atoms with van der Waals surface area (Å²) in [7, 11) is 0. The van der Waals surface area contributed by atoms with Gasteiger partial charge >= 0.3 is 0 Å². The molecular formula is C13H21NO. The Bertz CT molecular complexity index is 332. The Hall–Kier alpha value is -1.02. The van der Waals surface area contributed by atoms with Crippen LogP contribution in [0.25, 0.3) is 0 Å². The van der Waals surface area contributed by atoms with E-state index in [9.17, 15) is 5.11 Å². The van der Waals surface area contributed by atoms with E-state index in [0.29, 0.717) is 11.7 Å². The van der Waals surface area contributed by atoms with Gasteiger partial charge in [0.15, 0.2) is 0 Å². The van der Waals surface area contributed by atoms with E-state index in [1.165, 1.54) is 5.56 Å². The fraction of sp³-hybridized carbons (Fsp3) is 0.538. The zero-order chi connectivity index (χ0) is 11.4. The van der Waals surface area contributed by atoms with Crippen molar-refractivity contribution in [1.29, 1.82) is 0 Å². The quantitative estimate of drug-likeness (QED) is 0.795. The number of hydrogen-bond donors (Lipinski definition) is 2. The molecule has 2 heteroatoms. The fourth-order valence-electron chi connectivity index (χ4n) is 1.50. The van der Waals surface area contributed by atoms with Gasteiger partial charge in [0.2, 0.25) is 0 Å². The second-order valence-corrected chi connectivity index (χ2v) is 4.59. The van der Waals surface area contributed by atoms with Gasteiger partial charge < -0.3 is 10.4 Å². The third-order valence-electron chi connectivity index (χ3n) is 2.56. The maximum Gasteiger partial charge on any atom is 0.120 e. The molecule has 15 heavy (non-hydrogen) atoms. The number of aromatic hydroxyl groups is 1. The molecule has 0 aliphatic rings. The Morgan fingerprint density at radius 1 is 1.20 bits per heavy atom. The number of nitrogens with one attached hydrogen (secondary N) is 1. The molecule has 1 rings (SSSR count). The Balaban J connectivity index is 2.65. The van der Waals surface area contributed by atoms with Crippen LogP contribution in [0, 0.1) is 19.8 Å². The molecule has 0 amide bonds. The van der Waals surface area contributed by atoms with Crippen molar-refractivity contribution in [3.8, 4) is 5.75 Å². The van der Waals surface area contributed by atoms with Gasteiger partial charge in [-0.15, -0.1) is 0 Å². The van der Waals surface area contributed by atoms with Crippen molar-refractivity contribution in [2.24, 2.45) is 5.92 Å². The molecule has 0 aliphatic carbocycles. The first-order chi connectivity index (χ1) is 7.00. The smallest absolute Gasteiger partial charge is 0.120 e.